The summed E-state index contributed by atoms with van der Waals surface area (Å²) in [5.74, 6) is -0.392. The van der Waals surface area contributed by atoms with Gasteiger partial charge in [0.1, 0.15) is 11.5 Å². The van der Waals surface area contributed by atoms with Crippen molar-refractivity contribution in [3.63, 3.8) is 0 Å². The number of nitrogens with two attached hydrogens (primary N) is 1. The maximum Gasteiger partial charge on any atom is 0.349 e. The Kier molecular flexibility index (Phi) is 4.73. The predicted octanol–water partition coefficient (Wildman–Crippen LogP) is 1.64. The van der Waals surface area contributed by atoms with Crippen molar-refractivity contribution in [3.05, 3.63) is 59.7 Å². The molecule has 0 saturated carbocycles. The molecular formula is C16H12N2O4. The Morgan fingerprint density at radius 2 is 1.59 bits per heavy atom. The van der Waals surface area contributed by atoms with Gasteiger partial charge in [0.15, 0.2) is 6.61 Å². The van der Waals surface area contributed by atoms with E-state index in [-0.39, 0.29) is 6.61 Å². The number of hydrogen-bond acceptors (Lipinski definition) is 5. The Balaban J connectivity index is 1.87. The molecule has 0 radical (unpaired) electrons. The number of hydrogen-bond donors (Lipinski definition) is 1. The van der Waals surface area contributed by atoms with Gasteiger partial charge in [0.2, 0.25) is 5.91 Å². The highest BCUT2D eigenvalue weighted by Gasteiger charge is 2.07. The fraction of sp³-hybridized carbons (Fsp3) is 0.0625. The van der Waals surface area contributed by atoms with Crippen LogP contribution in [0.1, 0.15) is 15.9 Å². The number of esters is 1. The van der Waals surface area contributed by atoms with Crippen molar-refractivity contribution in [2.24, 2.45) is 5.73 Å². The van der Waals surface area contributed by atoms with Crippen LogP contribution in [-0.2, 0) is 4.79 Å². The number of benzene rings is 2. The molecule has 2 aromatic carbocycles. The summed E-state index contributed by atoms with van der Waals surface area (Å²) < 4.78 is 10.3. The lowest BCUT2D eigenvalue weighted by molar-refractivity contribution is -0.136. The minimum atomic E-state index is -0.587. The van der Waals surface area contributed by atoms with Crippen molar-refractivity contribution in [3.8, 4) is 17.6 Å². The summed E-state index contributed by atoms with van der Waals surface area (Å²) in [6.07, 6.45) is 0. The average Bonchev–Trinajstić information content (AvgIpc) is 2.54. The Hall–Kier alpha value is -3.33. The summed E-state index contributed by atoms with van der Waals surface area (Å²) in [5, 5.41) is 8.67. The number of amides is 1. The van der Waals surface area contributed by atoms with Crippen molar-refractivity contribution in [1.29, 1.82) is 5.26 Å². The number of primary amides is 1. The van der Waals surface area contributed by atoms with Crippen LogP contribution in [-0.4, -0.2) is 18.5 Å². The van der Waals surface area contributed by atoms with E-state index >= 15 is 0 Å². The van der Waals surface area contributed by atoms with Crippen LogP contribution in [0.4, 0.5) is 0 Å². The molecule has 6 heteroatoms. The summed E-state index contributed by atoms with van der Waals surface area (Å²) >= 11 is 0. The largest absolute Gasteiger partial charge is 0.482 e. The molecule has 0 heterocycles. The van der Waals surface area contributed by atoms with Crippen LogP contribution in [0.25, 0.3) is 0 Å². The zero-order valence-corrected chi connectivity index (χ0v) is 11.5. The summed E-state index contributed by atoms with van der Waals surface area (Å²) in [6, 6.07) is 14.2. The number of nitriles is 1. The lowest BCUT2D eigenvalue weighted by atomic mass is 10.2. The number of carbonyl (C=O) groups is 2. The lowest BCUT2D eigenvalue weighted by Gasteiger charge is -2.07. The Labute approximate surface area is 126 Å². The quantitative estimate of drug-likeness (QED) is 0.667. The summed E-state index contributed by atoms with van der Waals surface area (Å²) in [4.78, 5) is 22.6. The fourth-order valence-corrected chi connectivity index (χ4v) is 1.62. The van der Waals surface area contributed by atoms with Gasteiger partial charge in [-0.05, 0) is 48.5 Å². The van der Waals surface area contributed by atoms with Gasteiger partial charge >= 0.3 is 5.97 Å². The van der Waals surface area contributed by atoms with Crippen LogP contribution in [0.3, 0.4) is 0 Å². The second-order valence-corrected chi connectivity index (χ2v) is 4.29. The lowest BCUT2D eigenvalue weighted by Crippen LogP contribution is -2.18. The van der Waals surface area contributed by atoms with E-state index in [1.54, 1.807) is 24.3 Å². The number of carbonyl (C=O) groups excluding carboxylic acids is 2. The van der Waals surface area contributed by atoms with Crippen molar-refractivity contribution in [1.82, 2.24) is 0 Å². The van der Waals surface area contributed by atoms with Crippen molar-refractivity contribution in [2.75, 3.05) is 6.61 Å². The van der Waals surface area contributed by atoms with Crippen LogP contribution >= 0.6 is 0 Å². The SMILES string of the molecule is N#Cc1ccc(OCC(=O)Oc2ccc(C(N)=O)cc2)cc1. The standard InChI is InChI=1S/C16H12N2O4/c17-9-11-1-5-13(6-2-11)21-10-15(19)22-14-7-3-12(4-8-14)16(18)20/h1-8H,10H2,(H2,18,20). The molecule has 22 heavy (non-hydrogen) atoms. The first kappa shape index (κ1) is 15.1. The van der Waals surface area contributed by atoms with Gasteiger partial charge < -0.3 is 15.2 Å². The Morgan fingerprint density at radius 1 is 1.00 bits per heavy atom. The second kappa shape index (κ2) is 6.90. The van der Waals surface area contributed by atoms with Crippen LogP contribution in [0.5, 0.6) is 11.5 Å². The zero-order valence-electron chi connectivity index (χ0n) is 11.5. The highest BCUT2D eigenvalue weighted by Crippen LogP contribution is 2.14. The maximum absolute atomic E-state index is 11.6. The van der Waals surface area contributed by atoms with E-state index in [1.807, 2.05) is 6.07 Å². The molecule has 2 N–H and O–H groups in total. The van der Waals surface area contributed by atoms with Crippen LogP contribution < -0.4 is 15.2 Å². The molecule has 0 bridgehead atoms. The van der Waals surface area contributed by atoms with Crippen LogP contribution in [0.2, 0.25) is 0 Å². The van der Waals surface area contributed by atoms with E-state index < -0.39 is 11.9 Å². The molecule has 0 aliphatic heterocycles. The van der Waals surface area contributed by atoms with E-state index in [9.17, 15) is 9.59 Å². The van der Waals surface area contributed by atoms with Gasteiger partial charge in [0.25, 0.3) is 0 Å². The first-order valence-electron chi connectivity index (χ1n) is 6.32. The van der Waals surface area contributed by atoms with Gasteiger partial charge in [-0.25, -0.2) is 4.79 Å². The predicted molar refractivity (Wildman–Crippen MR) is 77.2 cm³/mol. The summed E-state index contributed by atoms with van der Waals surface area (Å²) in [7, 11) is 0. The molecule has 0 aliphatic carbocycles. The van der Waals surface area contributed by atoms with Crippen molar-refractivity contribution in [2.45, 2.75) is 0 Å². The molecule has 0 spiro atoms. The minimum Gasteiger partial charge on any atom is -0.482 e. The molecule has 0 saturated heterocycles. The summed E-state index contributed by atoms with van der Waals surface area (Å²) in [5.41, 5.74) is 5.94. The highest BCUT2D eigenvalue weighted by atomic mass is 16.6. The highest BCUT2D eigenvalue weighted by molar-refractivity contribution is 5.92. The second-order valence-electron chi connectivity index (χ2n) is 4.29. The van der Waals surface area contributed by atoms with Gasteiger partial charge in [-0.3, -0.25) is 4.79 Å². The first-order valence-corrected chi connectivity index (χ1v) is 6.32. The van der Waals surface area contributed by atoms with Crippen LogP contribution in [0, 0.1) is 11.3 Å². The Bertz CT molecular complexity index is 715. The fourth-order valence-electron chi connectivity index (χ4n) is 1.62. The first-order chi connectivity index (χ1) is 10.6. The van der Waals surface area contributed by atoms with E-state index in [2.05, 4.69) is 0 Å². The van der Waals surface area contributed by atoms with E-state index in [4.69, 9.17) is 20.5 Å². The molecular weight excluding hydrogens is 284 g/mol. The zero-order chi connectivity index (χ0) is 15.9. The molecule has 0 fully saturated rings. The van der Waals surface area contributed by atoms with Crippen molar-refractivity contribution < 1.29 is 19.1 Å². The number of rotatable bonds is 5. The third-order valence-corrected chi connectivity index (χ3v) is 2.71. The third kappa shape index (κ3) is 4.08. The molecule has 2 aromatic rings. The monoisotopic (exact) mass is 296 g/mol. The van der Waals surface area contributed by atoms with E-state index in [0.29, 0.717) is 22.6 Å². The van der Waals surface area contributed by atoms with Gasteiger partial charge in [-0.2, -0.15) is 5.26 Å². The van der Waals surface area contributed by atoms with Gasteiger partial charge in [0, 0.05) is 5.56 Å². The molecule has 0 atom stereocenters. The molecule has 6 nitrogen and oxygen atoms in total. The molecule has 0 unspecified atom stereocenters. The van der Waals surface area contributed by atoms with Gasteiger partial charge in [-0.15, -0.1) is 0 Å². The summed E-state index contributed by atoms with van der Waals surface area (Å²) in [6.45, 7) is -0.274. The normalized spacial score (nSPS) is 9.59. The Morgan fingerprint density at radius 3 is 2.14 bits per heavy atom. The number of nitrogens with zero attached hydrogens (tertiary/aromatic N) is 1. The smallest absolute Gasteiger partial charge is 0.349 e. The molecule has 0 aliphatic rings. The van der Waals surface area contributed by atoms with Gasteiger partial charge in [-0.1, -0.05) is 0 Å². The topological polar surface area (TPSA) is 102 Å². The van der Waals surface area contributed by atoms with Crippen molar-refractivity contribution >= 4 is 11.9 Å². The average molecular weight is 296 g/mol. The maximum atomic E-state index is 11.6. The van der Waals surface area contributed by atoms with E-state index in [0.717, 1.165) is 0 Å². The van der Waals surface area contributed by atoms with E-state index in [1.165, 1.54) is 24.3 Å². The third-order valence-electron chi connectivity index (χ3n) is 2.71. The molecule has 110 valence electrons. The number of ether oxygens (including phenoxy) is 2. The minimum absolute atomic E-state index is 0.274. The van der Waals surface area contributed by atoms with Crippen LogP contribution in [0.15, 0.2) is 48.5 Å². The molecule has 1 amide bonds. The molecule has 0 aromatic heterocycles. The molecule has 2 rings (SSSR count). The van der Waals surface area contributed by atoms with Gasteiger partial charge in [0.05, 0.1) is 11.6 Å².